The number of nitrogens with zero attached hydrogens (tertiary/aromatic N) is 2. The maximum absolute atomic E-state index is 12.8. The fraction of sp³-hybridized carbons (Fsp3) is 0.238. The van der Waals surface area contributed by atoms with E-state index in [1.165, 1.54) is 0 Å². The van der Waals surface area contributed by atoms with Crippen LogP contribution in [-0.4, -0.2) is 30.9 Å². The minimum Gasteiger partial charge on any atom is -0.360 e. The first-order valence-electron chi connectivity index (χ1n) is 9.27. The Labute approximate surface area is 169 Å². The molecule has 4 rings (SSSR count). The van der Waals surface area contributed by atoms with E-state index in [-0.39, 0.29) is 16.6 Å². The van der Waals surface area contributed by atoms with Gasteiger partial charge in [0.2, 0.25) is 0 Å². The topological polar surface area (TPSA) is 92.5 Å². The largest absolute Gasteiger partial charge is 0.360 e. The summed E-state index contributed by atoms with van der Waals surface area (Å²) in [5.74, 6) is 0.213. The van der Waals surface area contributed by atoms with Gasteiger partial charge in [-0.15, -0.1) is 0 Å². The van der Waals surface area contributed by atoms with E-state index in [9.17, 15) is 13.2 Å². The normalized spacial score (nSPS) is 13.8. The highest BCUT2D eigenvalue weighted by Gasteiger charge is 2.26. The number of anilines is 1. The molecule has 150 valence electrons. The van der Waals surface area contributed by atoms with Crippen LogP contribution < -0.4 is 4.72 Å². The maximum atomic E-state index is 12.8. The van der Waals surface area contributed by atoms with E-state index in [1.54, 1.807) is 43.0 Å². The summed E-state index contributed by atoms with van der Waals surface area (Å²) >= 11 is 0. The maximum Gasteiger partial charge on any atom is 0.267 e. The summed E-state index contributed by atoms with van der Waals surface area (Å²) in [4.78, 5) is 14.6. The monoisotopic (exact) mass is 411 g/mol. The molecule has 0 saturated carbocycles. The molecule has 0 atom stereocenters. The van der Waals surface area contributed by atoms with Crippen molar-refractivity contribution in [3.8, 4) is 0 Å². The molecule has 1 aromatic heterocycles. The highest BCUT2D eigenvalue weighted by Crippen LogP contribution is 2.27. The first-order chi connectivity index (χ1) is 13.8. The van der Waals surface area contributed by atoms with Crippen LogP contribution in [-0.2, 0) is 23.0 Å². The third-order valence-corrected chi connectivity index (χ3v) is 6.64. The Balaban J connectivity index is 1.57. The van der Waals surface area contributed by atoms with Gasteiger partial charge in [-0.05, 0) is 55.7 Å². The molecule has 1 aliphatic heterocycles. The first kappa shape index (κ1) is 19.2. The molecule has 1 N–H and O–H groups in total. The lowest BCUT2D eigenvalue weighted by molar-refractivity contribution is 0.0734. The van der Waals surface area contributed by atoms with E-state index in [0.29, 0.717) is 30.0 Å². The van der Waals surface area contributed by atoms with Gasteiger partial charge in [-0.25, -0.2) is 8.42 Å². The molecule has 0 bridgehead atoms. The number of fused-ring (bicyclic) bond motifs is 1. The first-order valence-corrected chi connectivity index (χ1v) is 10.8. The van der Waals surface area contributed by atoms with Crippen LogP contribution >= 0.6 is 0 Å². The predicted molar refractivity (Wildman–Crippen MR) is 108 cm³/mol. The van der Waals surface area contributed by atoms with Crippen LogP contribution in [0, 0.1) is 13.8 Å². The summed E-state index contributed by atoms with van der Waals surface area (Å²) in [7, 11) is -3.82. The molecular weight excluding hydrogens is 390 g/mol. The summed E-state index contributed by atoms with van der Waals surface area (Å²) < 4.78 is 33.1. The van der Waals surface area contributed by atoms with Crippen molar-refractivity contribution in [1.82, 2.24) is 10.1 Å². The molecule has 2 heterocycles. The van der Waals surface area contributed by atoms with Gasteiger partial charge in [0, 0.05) is 24.3 Å². The highest BCUT2D eigenvalue weighted by molar-refractivity contribution is 7.92. The standard InChI is InChI=1S/C21H21N3O4S/c1-14-20(15(2)28-22-14)29(26,27)23-19-9-8-16-10-11-24(13-18(16)12-19)21(25)17-6-4-3-5-7-17/h3-9,12,23H,10-11,13H2,1-2H3. The Kier molecular flexibility index (Phi) is 4.87. The fourth-order valence-electron chi connectivity index (χ4n) is 3.62. The van der Waals surface area contributed by atoms with Gasteiger partial charge in [0.25, 0.3) is 15.9 Å². The zero-order valence-corrected chi connectivity index (χ0v) is 17.0. The Morgan fingerprint density at radius 2 is 1.86 bits per heavy atom. The van der Waals surface area contributed by atoms with Crippen LogP contribution in [0.1, 0.15) is 32.9 Å². The molecule has 0 spiro atoms. The quantitative estimate of drug-likeness (QED) is 0.711. The van der Waals surface area contributed by atoms with E-state index in [0.717, 1.165) is 17.5 Å². The third-order valence-electron chi connectivity index (χ3n) is 5.02. The summed E-state index contributed by atoms with van der Waals surface area (Å²) in [6.07, 6.45) is 0.727. The summed E-state index contributed by atoms with van der Waals surface area (Å²) in [6, 6.07) is 14.6. The Morgan fingerprint density at radius 1 is 1.10 bits per heavy atom. The Hall–Kier alpha value is -3.13. The number of aryl methyl sites for hydroxylation is 2. The second-order valence-corrected chi connectivity index (χ2v) is 8.70. The SMILES string of the molecule is Cc1noc(C)c1S(=O)(=O)Nc1ccc2c(c1)CN(C(=O)c1ccccc1)CC2. The van der Waals surface area contributed by atoms with Crippen molar-refractivity contribution in [3.63, 3.8) is 0 Å². The van der Waals surface area contributed by atoms with Crippen molar-refractivity contribution in [2.24, 2.45) is 0 Å². The van der Waals surface area contributed by atoms with Crippen LogP contribution in [0.3, 0.4) is 0 Å². The van der Waals surface area contributed by atoms with Crippen molar-refractivity contribution >= 4 is 21.6 Å². The molecule has 3 aromatic rings. The van der Waals surface area contributed by atoms with Crippen molar-refractivity contribution in [1.29, 1.82) is 0 Å². The van der Waals surface area contributed by atoms with E-state index in [2.05, 4.69) is 9.88 Å². The second-order valence-electron chi connectivity index (χ2n) is 7.09. The van der Waals surface area contributed by atoms with Crippen LogP contribution in [0.25, 0.3) is 0 Å². The average Bonchev–Trinajstić information content (AvgIpc) is 3.06. The number of amides is 1. The number of hydrogen-bond acceptors (Lipinski definition) is 5. The predicted octanol–water partition coefficient (Wildman–Crippen LogP) is 3.29. The van der Waals surface area contributed by atoms with Crippen molar-refractivity contribution < 1.29 is 17.7 Å². The summed E-state index contributed by atoms with van der Waals surface area (Å²) in [5, 5.41) is 3.71. The molecule has 1 aliphatic rings. The highest BCUT2D eigenvalue weighted by atomic mass is 32.2. The molecule has 0 saturated heterocycles. The van der Waals surface area contributed by atoms with Crippen LogP contribution in [0.5, 0.6) is 0 Å². The molecule has 0 unspecified atom stereocenters. The zero-order chi connectivity index (χ0) is 20.6. The number of hydrogen-bond donors (Lipinski definition) is 1. The fourth-order valence-corrected chi connectivity index (χ4v) is 5.00. The van der Waals surface area contributed by atoms with Crippen molar-refractivity contribution in [3.05, 3.63) is 76.7 Å². The number of carbonyl (C=O) groups is 1. The van der Waals surface area contributed by atoms with E-state index in [4.69, 9.17) is 4.52 Å². The van der Waals surface area contributed by atoms with Gasteiger partial charge in [0.15, 0.2) is 10.7 Å². The van der Waals surface area contributed by atoms with E-state index < -0.39 is 10.0 Å². The van der Waals surface area contributed by atoms with E-state index in [1.807, 2.05) is 24.3 Å². The molecule has 29 heavy (non-hydrogen) atoms. The van der Waals surface area contributed by atoms with Crippen LogP contribution in [0.15, 0.2) is 57.9 Å². The van der Waals surface area contributed by atoms with Crippen molar-refractivity contribution in [2.75, 3.05) is 11.3 Å². The van der Waals surface area contributed by atoms with Crippen LogP contribution in [0.2, 0.25) is 0 Å². The van der Waals surface area contributed by atoms with Crippen molar-refractivity contribution in [2.45, 2.75) is 31.7 Å². The number of aromatic nitrogens is 1. The van der Waals surface area contributed by atoms with Gasteiger partial charge in [-0.2, -0.15) is 0 Å². The third kappa shape index (κ3) is 3.75. The Morgan fingerprint density at radius 3 is 2.55 bits per heavy atom. The van der Waals surface area contributed by atoms with Gasteiger partial charge in [0.1, 0.15) is 5.69 Å². The number of carbonyl (C=O) groups excluding carboxylic acids is 1. The molecule has 0 radical (unpaired) electrons. The van der Waals surface area contributed by atoms with Gasteiger partial charge >= 0.3 is 0 Å². The average molecular weight is 411 g/mol. The smallest absolute Gasteiger partial charge is 0.267 e. The lowest BCUT2D eigenvalue weighted by Gasteiger charge is -2.29. The number of benzene rings is 2. The number of rotatable bonds is 4. The minimum absolute atomic E-state index is 0.0297. The molecule has 7 nitrogen and oxygen atoms in total. The van der Waals surface area contributed by atoms with Crippen LogP contribution in [0.4, 0.5) is 5.69 Å². The van der Waals surface area contributed by atoms with E-state index >= 15 is 0 Å². The molecule has 1 amide bonds. The second kappa shape index (κ2) is 7.36. The molecular formula is C21H21N3O4S. The zero-order valence-electron chi connectivity index (χ0n) is 16.2. The summed E-state index contributed by atoms with van der Waals surface area (Å²) in [5.41, 5.74) is 3.44. The Bertz CT molecular complexity index is 1150. The molecule has 8 heteroatoms. The number of sulfonamides is 1. The molecule has 0 fully saturated rings. The number of nitrogens with one attached hydrogen (secondary N) is 1. The summed E-state index contributed by atoms with van der Waals surface area (Å²) in [6.45, 7) is 4.22. The molecule has 2 aromatic carbocycles. The van der Waals surface area contributed by atoms with Gasteiger partial charge in [0.05, 0.1) is 0 Å². The van der Waals surface area contributed by atoms with Gasteiger partial charge < -0.3 is 9.42 Å². The lowest BCUT2D eigenvalue weighted by atomic mass is 9.98. The van der Waals surface area contributed by atoms with Gasteiger partial charge in [-0.1, -0.05) is 29.4 Å². The lowest BCUT2D eigenvalue weighted by Crippen LogP contribution is -2.36. The van der Waals surface area contributed by atoms with Gasteiger partial charge in [-0.3, -0.25) is 9.52 Å². The molecule has 0 aliphatic carbocycles. The minimum atomic E-state index is -3.82.